The number of pyridine rings is 1. The van der Waals surface area contributed by atoms with Crippen LogP contribution in [0.4, 0.5) is 11.5 Å². The topological polar surface area (TPSA) is 74.6 Å². The van der Waals surface area contributed by atoms with E-state index in [0.717, 1.165) is 5.56 Å². The van der Waals surface area contributed by atoms with Gasteiger partial charge in [-0.25, -0.2) is 4.98 Å². The second-order valence-corrected chi connectivity index (χ2v) is 5.07. The lowest BCUT2D eigenvalue weighted by Gasteiger charge is -2.04. The van der Waals surface area contributed by atoms with Gasteiger partial charge in [-0.05, 0) is 48.0 Å². The highest BCUT2D eigenvalue weighted by molar-refractivity contribution is 6.04. The molecule has 1 amide bonds. The van der Waals surface area contributed by atoms with Crippen molar-refractivity contribution >= 4 is 23.6 Å². The van der Waals surface area contributed by atoms with Gasteiger partial charge in [0.2, 0.25) is 0 Å². The van der Waals surface area contributed by atoms with Crippen LogP contribution in [0.25, 0.3) is 0 Å². The molecule has 0 bridgehead atoms. The Hall–Kier alpha value is -3.47. The molecular weight excluding hydrogens is 302 g/mol. The van der Waals surface area contributed by atoms with Crippen LogP contribution in [-0.4, -0.2) is 22.2 Å². The van der Waals surface area contributed by atoms with E-state index in [1.54, 1.807) is 73.1 Å². The zero-order valence-corrected chi connectivity index (χ0v) is 12.8. The largest absolute Gasteiger partial charge is 0.508 e. The van der Waals surface area contributed by atoms with Gasteiger partial charge in [0.1, 0.15) is 11.6 Å². The summed E-state index contributed by atoms with van der Waals surface area (Å²) in [6, 6.07) is 19.1. The average Bonchev–Trinajstić information content (AvgIpc) is 2.61. The maximum absolute atomic E-state index is 12.2. The number of hydrogen-bond donors (Lipinski definition) is 2. The molecule has 0 spiro atoms. The van der Waals surface area contributed by atoms with E-state index in [2.05, 4.69) is 15.3 Å². The van der Waals surface area contributed by atoms with Crippen molar-refractivity contribution in [1.29, 1.82) is 0 Å². The van der Waals surface area contributed by atoms with Crippen molar-refractivity contribution in [2.45, 2.75) is 0 Å². The van der Waals surface area contributed by atoms with Crippen LogP contribution in [0.3, 0.4) is 0 Å². The molecule has 0 fully saturated rings. The van der Waals surface area contributed by atoms with Crippen molar-refractivity contribution in [2.24, 2.45) is 4.99 Å². The number of benzene rings is 2. The van der Waals surface area contributed by atoms with Crippen molar-refractivity contribution in [1.82, 2.24) is 4.98 Å². The Morgan fingerprint density at radius 3 is 2.71 bits per heavy atom. The summed E-state index contributed by atoms with van der Waals surface area (Å²) in [6.07, 6.45) is 3.25. The molecule has 24 heavy (non-hydrogen) atoms. The number of nitrogens with zero attached hydrogens (tertiary/aromatic N) is 2. The minimum Gasteiger partial charge on any atom is -0.508 e. The van der Waals surface area contributed by atoms with Crippen LogP contribution >= 0.6 is 0 Å². The summed E-state index contributed by atoms with van der Waals surface area (Å²) >= 11 is 0. The average molecular weight is 317 g/mol. The molecule has 5 nitrogen and oxygen atoms in total. The molecule has 5 heteroatoms. The molecule has 3 aromatic rings. The van der Waals surface area contributed by atoms with E-state index in [-0.39, 0.29) is 11.7 Å². The van der Waals surface area contributed by atoms with Gasteiger partial charge in [0, 0.05) is 18.0 Å². The van der Waals surface area contributed by atoms with Crippen LogP contribution in [0.2, 0.25) is 0 Å². The summed E-state index contributed by atoms with van der Waals surface area (Å²) in [5.41, 5.74) is 1.91. The second kappa shape index (κ2) is 7.19. The number of phenols is 1. The van der Waals surface area contributed by atoms with Crippen LogP contribution < -0.4 is 5.32 Å². The van der Waals surface area contributed by atoms with Gasteiger partial charge < -0.3 is 10.4 Å². The van der Waals surface area contributed by atoms with Crippen molar-refractivity contribution in [3.05, 3.63) is 84.1 Å². The third-order valence-electron chi connectivity index (χ3n) is 3.25. The van der Waals surface area contributed by atoms with Gasteiger partial charge in [0.05, 0.1) is 5.69 Å². The molecule has 118 valence electrons. The minimum absolute atomic E-state index is 0.183. The van der Waals surface area contributed by atoms with Gasteiger partial charge in [0.25, 0.3) is 5.91 Å². The Morgan fingerprint density at radius 2 is 1.92 bits per heavy atom. The molecule has 1 heterocycles. The molecule has 0 saturated heterocycles. The van der Waals surface area contributed by atoms with Crippen LogP contribution in [0.5, 0.6) is 5.75 Å². The first-order valence-corrected chi connectivity index (χ1v) is 7.36. The Bertz CT molecular complexity index is 877. The lowest BCUT2D eigenvalue weighted by atomic mass is 10.2. The maximum atomic E-state index is 12.2. The number of aromatic hydroxyl groups is 1. The molecule has 0 aliphatic carbocycles. The number of anilines is 1. The highest BCUT2D eigenvalue weighted by Gasteiger charge is 2.06. The predicted molar refractivity (Wildman–Crippen MR) is 94.0 cm³/mol. The lowest BCUT2D eigenvalue weighted by molar-refractivity contribution is 0.102. The predicted octanol–water partition coefficient (Wildman–Crippen LogP) is 3.79. The first kappa shape index (κ1) is 15.4. The molecule has 0 radical (unpaired) electrons. The van der Waals surface area contributed by atoms with Crippen molar-refractivity contribution in [2.75, 3.05) is 5.32 Å². The Morgan fingerprint density at radius 1 is 1.04 bits per heavy atom. The number of carbonyl (C=O) groups excluding carboxylic acids is 1. The second-order valence-electron chi connectivity index (χ2n) is 5.07. The van der Waals surface area contributed by atoms with E-state index >= 15 is 0 Å². The van der Waals surface area contributed by atoms with Gasteiger partial charge in [-0.2, -0.15) is 0 Å². The zero-order valence-electron chi connectivity index (χ0n) is 12.8. The number of rotatable bonds is 4. The number of aromatic nitrogens is 1. The smallest absolute Gasteiger partial charge is 0.256 e. The summed E-state index contributed by atoms with van der Waals surface area (Å²) in [7, 11) is 0. The number of carbonyl (C=O) groups is 1. The molecule has 0 saturated carbocycles. The molecule has 0 unspecified atom stereocenters. The Balaban J connectivity index is 1.75. The normalized spacial score (nSPS) is 10.7. The summed E-state index contributed by atoms with van der Waals surface area (Å²) < 4.78 is 0. The number of hydrogen-bond acceptors (Lipinski definition) is 4. The Kier molecular flexibility index (Phi) is 4.62. The van der Waals surface area contributed by atoms with Crippen molar-refractivity contribution < 1.29 is 9.90 Å². The monoisotopic (exact) mass is 317 g/mol. The first-order valence-electron chi connectivity index (χ1n) is 7.36. The van der Waals surface area contributed by atoms with Crippen molar-refractivity contribution in [3.8, 4) is 5.75 Å². The molecule has 0 aliphatic heterocycles. The molecular formula is C19H15N3O2. The van der Waals surface area contributed by atoms with Crippen molar-refractivity contribution in [3.63, 3.8) is 0 Å². The number of phenolic OH excluding ortho intramolecular Hbond substituents is 1. The van der Waals surface area contributed by atoms with E-state index in [0.29, 0.717) is 17.1 Å². The van der Waals surface area contributed by atoms with E-state index in [4.69, 9.17) is 0 Å². The molecule has 1 aromatic heterocycles. The van der Waals surface area contributed by atoms with Crippen LogP contribution in [-0.2, 0) is 0 Å². The van der Waals surface area contributed by atoms with Gasteiger partial charge in [-0.3, -0.25) is 9.79 Å². The van der Waals surface area contributed by atoms with E-state index in [9.17, 15) is 9.90 Å². The van der Waals surface area contributed by atoms with Gasteiger partial charge in [0.15, 0.2) is 0 Å². The maximum Gasteiger partial charge on any atom is 0.256 e. The van der Waals surface area contributed by atoms with Crippen LogP contribution in [0.15, 0.2) is 77.9 Å². The summed E-state index contributed by atoms with van der Waals surface area (Å²) in [6.45, 7) is 0. The number of amides is 1. The fourth-order valence-corrected chi connectivity index (χ4v) is 2.11. The third kappa shape index (κ3) is 4.04. The minimum atomic E-state index is -0.247. The highest BCUT2D eigenvalue weighted by atomic mass is 16.3. The van der Waals surface area contributed by atoms with E-state index in [1.807, 2.05) is 6.07 Å². The molecule has 0 atom stereocenters. The summed E-state index contributed by atoms with van der Waals surface area (Å²) in [5, 5.41) is 12.2. The zero-order chi connectivity index (χ0) is 16.8. The molecule has 0 aliphatic rings. The van der Waals surface area contributed by atoms with Gasteiger partial charge in [-0.15, -0.1) is 0 Å². The highest BCUT2D eigenvalue weighted by Crippen LogP contribution is 2.16. The quantitative estimate of drug-likeness (QED) is 0.719. The van der Waals surface area contributed by atoms with E-state index in [1.165, 1.54) is 0 Å². The van der Waals surface area contributed by atoms with Crippen LogP contribution in [0.1, 0.15) is 15.9 Å². The first-order chi connectivity index (χ1) is 11.7. The lowest BCUT2D eigenvalue weighted by Crippen LogP contribution is -2.12. The van der Waals surface area contributed by atoms with Gasteiger partial charge in [-0.1, -0.05) is 24.3 Å². The summed E-state index contributed by atoms with van der Waals surface area (Å²) in [5.74, 6) is 0.432. The standard InChI is InChI=1S/C19H15N3O2/c23-17-8-3-5-14(11-17)13-21-16-7-4-6-15(12-16)19(24)22-18-9-1-2-10-20-18/h1-13,23H,(H,20,22,24). The SMILES string of the molecule is O=C(Nc1ccccn1)c1cccc(N=Cc2cccc(O)c2)c1. The molecule has 3 rings (SSSR count). The number of nitrogens with one attached hydrogen (secondary N) is 1. The summed E-state index contributed by atoms with van der Waals surface area (Å²) in [4.78, 5) is 20.7. The fraction of sp³-hybridized carbons (Fsp3) is 0. The molecule has 2 N–H and O–H groups in total. The third-order valence-corrected chi connectivity index (χ3v) is 3.25. The Labute approximate surface area is 139 Å². The fourth-order valence-electron chi connectivity index (χ4n) is 2.11. The number of aliphatic imine (C=N–C) groups is 1. The van der Waals surface area contributed by atoms with Gasteiger partial charge >= 0.3 is 0 Å². The van der Waals surface area contributed by atoms with Crippen LogP contribution in [0, 0.1) is 0 Å². The van der Waals surface area contributed by atoms with E-state index < -0.39 is 0 Å². The molecule has 2 aromatic carbocycles.